The summed E-state index contributed by atoms with van der Waals surface area (Å²) in [4.78, 5) is 21.0. The number of hydrogen-bond acceptors (Lipinski definition) is 5. The Hall–Kier alpha value is -2.73. The van der Waals surface area contributed by atoms with Crippen LogP contribution in [-0.4, -0.2) is 15.9 Å². The number of nitrogens with zero attached hydrogens (tertiary/aromatic N) is 2. The fourth-order valence-corrected chi connectivity index (χ4v) is 2.87. The highest BCUT2D eigenvalue weighted by Gasteiger charge is 2.12. The van der Waals surface area contributed by atoms with Gasteiger partial charge in [-0.05, 0) is 56.2 Å². The minimum Gasteiger partial charge on any atom is -0.321 e. The van der Waals surface area contributed by atoms with E-state index >= 15 is 0 Å². The highest BCUT2D eigenvalue weighted by Crippen LogP contribution is 2.21. The van der Waals surface area contributed by atoms with E-state index in [1.807, 2.05) is 57.2 Å². The second kappa shape index (κ2) is 6.80. The molecule has 24 heavy (non-hydrogen) atoms. The first-order valence-corrected chi connectivity index (χ1v) is 8.44. The third-order valence-electron chi connectivity index (χ3n) is 3.62. The summed E-state index contributed by atoms with van der Waals surface area (Å²) in [6.45, 7) is 5.98. The molecule has 0 radical (unpaired) electrons. The van der Waals surface area contributed by atoms with Crippen LogP contribution in [0.4, 0.5) is 16.6 Å². The van der Waals surface area contributed by atoms with Gasteiger partial charge in [-0.3, -0.25) is 4.79 Å². The van der Waals surface area contributed by atoms with Crippen LogP contribution in [0.15, 0.2) is 41.8 Å². The maximum Gasteiger partial charge on any atom is 0.275 e. The monoisotopic (exact) mass is 338 g/mol. The molecule has 0 aliphatic carbocycles. The molecular formula is C18H18N4OS. The Kier molecular flexibility index (Phi) is 4.57. The van der Waals surface area contributed by atoms with Gasteiger partial charge in [-0.1, -0.05) is 12.1 Å². The predicted molar refractivity (Wildman–Crippen MR) is 98.2 cm³/mol. The average Bonchev–Trinajstić information content (AvgIpc) is 2.99. The Balaban J connectivity index is 1.70. The van der Waals surface area contributed by atoms with Gasteiger partial charge in [-0.25, -0.2) is 9.97 Å². The Morgan fingerprint density at radius 1 is 1.04 bits per heavy atom. The normalized spacial score (nSPS) is 10.5. The number of thiazole rings is 1. The molecule has 0 unspecified atom stereocenters. The maximum absolute atomic E-state index is 12.3. The second-order valence-corrected chi connectivity index (χ2v) is 6.44. The topological polar surface area (TPSA) is 66.9 Å². The number of amides is 1. The van der Waals surface area contributed by atoms with Crippen molar-refractivity contribution >= 4 is 33.9 Å². The lowest BCUT2D eigenvalue weighted by molar-refractivity contribution is 0.102. The molecule has 1 aromatic carbocycles. The number of benzene rings is 1. The molecule has 0 aliphatic heterocycles. The van der Waals surface area contributed by atoms with Crippen LogP contribution < -0.4 is 10.6 Å². The van der Waals surface area contributed by atoms with Crippen LogP contribution in [0.3, 0.4) is 0 Å². The van der Waals surface area contributed by atoms with Crippen molar-refractivity contribution in [3.05, 3.63) is 64.3 Å². The van der Waals surface area contributed by atoms with E-state index in [0.717, 1.165) is 16.9 Å². The molecule has 0 aliphatic rings. The number of aromatic nitrogens is 2. The fourth-order valence-electron chi connectivity index (χ4n) is 2.17. The van der Waals surface area contributed by atoms with Crippen LogP contribution in [0, 0.1) is 20.8 Å². The van der Waals surface area contributed by atoms with E-state index < -0.39 is 0 Å². The minimum atomic E-state index is -0.222. The largest absolute Gasteiger partial charge is 0.321 e. The van der Waals surface area contributed by atoms with E-state index in [4.69, 9.17) is 0 Å². The summed E-state index contributed by atoms with van der Waals surface area (Å²) in [5.74, 6) is 0.491. The van der Waals surface area contributed by atoms with Crippen molar-refractivity contribution in [1.29, 1.82) is 0 Å². The third-order valence-corrected chi connectivity index (χ3v) is 4.38. The van der Waals surface area contributed by atoms with Gasteiger partial charge < -0.3 is 10.6 Å². The van der Waals surface area contributed by atoms with E-state index in [9.17, 15) is 4.79 Å². The number of carbonyl (C=O) groups excluding carboxylic acids is 1. The Morgan fingerprint density at radius 3 is 2.62 bits per heavy atom. The van der Waals surface area contributed by atoms with Gasteiger partial charge in [0, 0.05) is 16.8 Å². The van der Waals surface area contributed by atoms with Gasteiger partial charge in [0.25, 0.3) is 5.91 Å². The van der Waals surface area contributed by atoms with Gasteiger partial charge in [-0.2, -0.15) is 0 Å². The lowest BCUT2D eigenvalue weighted by Gasteiger charge is -2.06. The van der Waals surface area contributed by atoms with E-state index in [-0.39, 0.29) is 5.91 Å². The SMILES string of the molecule is Cc1cccc(Nc2nc(C(=O)Nc3ccc(C)c(C)c3)cs2)n1. The first kappa shape index (κ1) is 16.1. The van der Waals surface area contributed by atoms with Gasteiger partial charge in [0.1, 0.15) is 11.5 Å². The standard InChI is InChI=1S/C18H18N4OS/c1-11-7-8-14(9-12(11)2)20-17(23)15-10-24-18(21-15)22-16-6-4-5-13(3)19-16/h4-10H,1-3H3,(H,20,23)(H,19,21,22). The first-order chi connectivity index (χ1) is 11.5. The van der Waals surface area contributed by atoms with Crippen molar-refractivity contribution in [2.45, 2.75) is 20.8 Å². The van der Waals surface area contributed by atoms with Crippen LogP contribution in [0.2, 0.25) is 0 Å². The van der Waals surface area contributed by atoms with Crippen molar-refractivity contribution in [3.8, 4) is 0 Å². The van der Waals surface area contributed by atoms with Crippen LogP contribution in [0.5, 0.6) is 0 Å². The van der Waals surface area contributed by atoms with Crippen molar-refractivity contribution in [2.24, 2.45) is 0 Å². The number of aryl methyl sites for hydroxylation is 3. The van der Waals surface area contributed by atoms with Gasteiger partial charge >= 0.3 is 0 Å². The zero-order valence-electron chi connectivity index (χ0n) is 13.8. The Labute approximate surface area is 144 Å². The van der Waals surface area contributed by atoms with E-state index in [1.54, 1.807) is 5.38 Å². The minimum absolute atomic E-state index is 0.222. The number of hydrogen-bond donors (Lipinski definition) is 2. The smallest absolute Gasteiger partial charge is 0.275 e. The summed E-state index contributed by atoms with van der Waals surface area (Å²) in [7, 11) is 0. The molecule has 2 aromatic heterocycles. The molecule has 0 atom stereocenters. The lowest BCUT2D eigenvalue weighted by atomic mass is 10.1. The summed E-state index contributed by atoms with van der Waals surface area (Å²) in [5, 5.41) is 8.36. The third kappa shape index (κ3) is 3.78. The van der Waals surface area contributed by atoms with Crippen LogP contribution in [0.25, 0.3) is 0 Å². The maximum atomic E-state index is 12.3. The molecular weight excluding hydrogens is 320 g/mol. The lowest BCUT2D eigenvalue weighted by Crippen LogP contribution is -2.12. The molecule has 1 amide bonds. The van der Waals surface area contributed by atoms with Crippen LogP contribution in [0.1, 0.15) is 27.3 Å². The van der Waals surface area contributed by atoms with Crippen LogP contribution >= 0.6 is 11.3 Å². The molecule has 2 N–H and O–H groups in total. The fraction of sp³-hybridized carbons (Fsp3) is 0.167. The highest BCUT2D eigenvalue weighted by molar-refractivity contribution is 7.14. The van der Waals surface area contributed by atoms with Crippen molar-refractivity contribution in [3.63, 3.8) is 0 Å². The zero-order chi connectivity index (χ0) is 17.1. The molecule has 3 aromatic rings. The molecule has 122 valence electrons. The molecule has 3 rings (SSSR count). The molecule has 0 fully saturated rings. The molecule has 0 bridgehead atoms. The van der Waals surface area contributed by atoms with Gasteiger partial charge in [0.05, 0.1) is 0 Å². The number of rotatable bonds is 4. The number of pyridine rings is 1. The van der Waals surface area contributed by atoms with Crippen LogP contribution in [-0.2, 0) is 0 Å². The molecule has 0 spiro atoms. The van der Waals surface area contributed by atoms with Crippen molar-refractivity contribution in [2.75, 3.05) is 10.6 Å². The van der Waals surface area contributed by atoms with E-state index in [1.165, 1.54) is 16.9 Å². The quantitative estimate of drug-likeness (QED) is 0.737. The number of nitrogens with one attached hydrogen (secondary N) is 2. The summed E-state index contributed by atoms with van der Waals surface area (Å²) in [6.07, 6.45) is 0. The van der Waals surface area contributed by atoms with Crippen molar-refractivity contribution in [1.82, 2.24) is 9.97 Å². The number of carbonyl (C=O) groups is 1. The van der Waals surface area contributed by atoms with E-state index in [2.05, 4.69) is 20.6 Å². The predicted octanol–water partition coefficient (Wildman–Crippen LogP) is 4.46. The first-order valence-electron chi connectivity index (χ1n) is 7.56. The van der Waals surface area contributed by atoms with Gasteiger partial charge in [0.15, 0.2) is 5.13 Å². The summed E-state index contributed by atoms with van der Waals surface area (Å²) in [6, 6.07) is 11.5. The van der Waals surface area contributed by atoms with Gasteiger partial charge in [0.2, 0.25) is 0 Å². The Morgan fingerprint density at radius 2 is 1.88 bits per heavy atom. The highest BCUT2D eigenvalue weighted by atomic mass is 32.1. The van der Waals surface area contributed by atoms with E-state index in [0.29, 0.717) is 16.6 Å². The summed E-state index contributed by atoms with van der Waals surface area (Å²) >= 11 is 1.37. The summed E-state index contributed by atoms with van der Waals surface area (Å²) < 4.78 is 0. The summed E-state index contributed by atoms with van der Waals surface area (Å²) in [5.41, 5.74) is 4.40. The Bertz CT molecular complexity index is 888. The molecule has 2 heterocycles. The van der Waals surface area contributed by atoms with Gasteiger partial charge in [-0.15, -0.1) is 11.3 Å². The molecule has 0 saturated carbocycles. The molecule has 0 saturated heterocycles. The second-order valence-electron chi connectivity index (χ2n) is 5.58. The molecule has 5 nitrogen and oxygen atoms in total. The van der Waals surface area contributed by atoms with Crippen molar-refractivity contribution < 1.29 is 4.79 Å². The average molecular weight is 338 g/mol. The molecule has 6 heteroatoms. The number of anilines is 3. The zero-order valence-corrected chi connectivity index (χ0v) is 14.6.